The Kier molecular flexibility index (Phi) is 7.87. The number of carbonyl (C=O) groups excluding carboxylic acids is 2. The number of carbonyl (C=O) groups is 2. The maximum atomic E-state index is 12.3. The van der Waals surface area contributed by atoms with Crippen molar-refractivity contribution in [1.29, 1.82) is 0 Å². The number of hydrogen-bond donors (Lipinski definition) is 2. The number of benzene rings is 2. The van der Waals surface area contributed by atoms with Gasteiger partial charge in [-0.1, -0.05) is 32.0 Å². The largest absolute Gasteiger partial charge is 0.484 e. The average molecular weight is 384 g/mol. The van der Waals surface area contributed by atoms with Gasteiger partial charge in [0.1, 0.15) is 11.5 Å². The highest BCUT2D eigenvalue weighted by Crippen LogP contribution is 2.27. The van der Waals surface area contributed by atoms with Crippen LogP contribution in [0.1, 0.15) is 37.8 Å². The fraction of sp³-hybridized carbons (Fsp3) is 0.364. The van der Waals surface area contributed by atoms with Crippen LogP contribution in [0, 0.1) is 6.92 Å². The summed E-state index contributed by atoms with van der Waals surface area (Å²) in [6, 6.07) is 12.9. The van der Waals surface area contributed by atoms with Crippen LogP contribution in [0.3, 0.4) is 0 Å². The third-order valence-electron chi connectivity index (χ3n) is 4.01. The quantitative estimate of drug-likeness (QED) is 0.692. The van der Waals surface area contributed by atoms with E-state index in [0.29, 0.717) is 23.9 Å². The van der Waals surface area contributed by atoms with Crippen molar-refractivity contribution in [3.05, 3.63) is 53.6 Å². The number of ether oxygens (including phenoxy) is 2. The van der Waals surface area contributed by atoms with Gasteiger partial charge in [-0.3, -0.25) is 9.59 Å². The summed E-state index contributed by atoms with van der Waals surface area (Å²) < 4.78 is 11.2. The van der Waals surface area contributed by atoms with Gasteiger partial charge in [0.15, 0.2) is 13.2 Å². The molecule has 2 amide bonds. The Bertz CT molecular complexity index is 818. The van der Waals surface area contributed by atoms with Crippen molar-refractivity contribution in [2.45, 2.75) is 33.6 Å². The Morgan fingerprint density at radius 1 is 1.00 bits per heavy atom. The summed E-state index contributed by atoms with van der Waals surface area (Å²) in [4.78, 5) is 23.7. The van der Waals surface area contributed by atoms with E-state index in [0.717, 1.165) is 16.9 Å². The minimum Gasteiger partial charge on any atom is -0.484 e. The van der Waals surface area contributed by atoms with Crippen molar-refractivity contribution < 1.29 is 19.1 Å². The summed E-state index contributed by atoms with van der Waals surface area (Å²) in [7, 11) is 0. The molecule has 0 aliphatic heterocycles. The first-order valence-corrected chi connectivity index (χ1v) is 9.41. The van der Waals surface area contributed by atoms with E-state index >= 15 is 0 Å². The highest BCUT2D eigenvalue weighted by atomic mass is 16.5. The van der Waals surface area contributed by atoms with E-state index in [2.05, 4.69) is 24.5 Å². The van der Waals surface area contributed by atoms with Crippen LogP contribution in [0.4, 0.5) is 5.69 Å². The zero-order chi connectivity index (χ0) is 20.5. The molecule has 6 heteroatoms. The van der Waals surface area contributed by atoms with E-state index in [4.69, 9.17) is 9.47 Å². The van der Waals surface area contributed by atoms with Gasteiger partial charge in [0.2, 0.25) is 0 Å². The lowest BCUT2D eigenvalue weighted by Gasteiger charge is -2.15. The van der Waals surface area contributed by atoms with Crippen molar-refractivity contribution in [2.75, 3.05) is 25.1 Å². The summed E-state index contributed by atoms with van der Waals surface area (Å²) in [5.74, 6) is 1.08. The Balaban J connectivity index is 1.92. The molecule has 0 saturated carbocycles. The lowest BCUT2D eigenvalue weighted by atomic mass is 10.0. The van der Waals surface area contributed by atoms with Crippen LogP contribution >= 0.6 is 0 Å². The molecule has 6 nitrogen and oxygen atoms in total. The topological polar surface area (TPSA) is 76.7 Å². The minimum atomic E-state index is -0.267. The molecule has 0 aliphatic rings. The average Bonchev–Trinajstić information content (AvgIpc) is 2.65. The number of anilines is 1. The van der Waals surface area contributed by atoms with Gasteiger partial charge in [-0.15, -0.1) is 0 Å². The maximum Gasteiger partial charge on any atom is 0.262 e. The van der Waals surface area contributed by atoms with Crippen molar-refractivity contribution in [2.24, 2.45) is 0 Å². The van der Waals surface area contributed by atoms with Gasteiger partial charge in [-0.05, 0) is 49.1 Å². The fourth-order valence-electron chi connectivity index (χ4n) is 2.64. The fourth-order valence-corrected chi connectivity index (χ4v) is 2.64. The Morgan fingerprint density at radius 2 is 1.75 bits per heavy atom. The van der Waals surface area contributed by atoms with E-state index in [1.807, 2.05) is 32.0 Å². The first-order valence-electron chi connectivity index (χ1n) is 9.41. The predicted octanol–water partition coefficient (Wildman–Crippen LogP) is 3.65. The van der Waals surface area contributed by atoms with Crippen LogP contribution in [0.2, 0.25) is 0 Å². The zero-order valence-electron chi connectivity index (χ0n) is 16.9. The zero-order valence-corrected chi connectivity index (χ0v) is 16.9. The monoisotopic (exact) mass is 384 g/mol. The second kappa shape index (κ2) is 10.3. The molecule has 2 aromatic rings. The van der Waals surface area contributed by atoms with Crippen molar-refractivity contribution in [1.82, 2.24) is 5.32 Å². The summed E-state index contributed by atoms with van der Waals surface area (Å²) in [6.45, 7) is 8.40. The number of rotatable bonds is 9. The standard InChI is InChI=1S/C22H28N2O4/c1-5-23-21(25)13-27-18-8-6-7-17(12-18)24-22(26)14-28-20-11-16(4)9-10-19(20)15(2)3/h6-12,15H,5,13-14H2,1-4H3,(H,23,25)(H,24,26). The number of hydrogen-bond acceptors (Lipinski definition) is 4. The molecule has 0 fully saturated rings. The van der Waals surface area contributed by atoms with Crippen LogP contribution < -0.4 is 20.1 Å². The third-order valence-corrected chi connectivity index (χ3v) is 4.01. The molecule has 28 heavy (non-hydrogen) atoms. The van der Waals surface area contributed by atoms with E-state index in [-0.39, 0.29) is 25.0 Å². The van der Waals surface area contributed by atoms with E-state index in [1.54, 1.807) is 24.3 Å². The van der Waals surface area contributed by atoms with Gasteiger partial charge in [-0.25, -0.2) is 0 Å². The second-order valence-electron chi connectivity index (χ2n) is 6.80. The van der Waals surface area contributed by atoms with E-state index in [9.17, 15) is 9.59 Å². The molecule has 0 aliphatic carbocycles. The Morgan fingerprint density at radius 3 is 2.46 bits per heavy atom. The third kappa shape index (κ3) is 6.61. The molecular weight excluding hydrogens is 356 g/mol. The lowest BCUT2D eigenvalue weighted by molar-refractivity contribution is -0.123. The van der Waals surface area contributed by atoms with Crippen molar-refractivity contribution in [3.8, 4) is 11.5 Å². The molecule has 0 spiro atoms. The number of aryl methyl sites for hydroxylation is 1. The molecule has 0 bridgehead atoms. The first kappa shape index (κ1) is 21.3. The molecule has 150 valence electrons. The van der Waals surface area contributed by atoms with Crippen molar-refractivity contribution >= 4 is 17.5 Å². The molecular formula is C22H28N2O4. The van der Waals surface area contributed by atoms with Gasteiger partial charge in [-0.2, -0.15) is 0 Å². The SMILES string of the molecule is CCNC(=O)COc1cccc(NC(=O)COc2cc(C)ccc2C(C)C)c1. The summed E-state index contributed by atoms with van der Waals surface area (Å²) in [6.07, 6.45) is 0. The first-order chi connectivity index (χ1) is 13.4. The summed E-state index contributed by atoms with van der Waals surface area (Å²) in [5, 5.41) is 5.45. The molecule has 0 saturated heterocycles. The van der Waals surface area contributed by atoms with Crippen LogP contribution in [0.15, 0.2) is 42.5 Å². The van der Waals surface area contributed by atoms with Gasteiger partial charge in [0.05, 0.1) is 0 Å². The number of amides is 2. The summed E-state index contributed by atoms with van der Waals surface area (Å²) in [5.41, 5.74) is 2.73. The van der Waals surface area contributed by atoms with Gasteiger partial charge >= 0.3 is 0 Å². The normalized spacial score (nSPS) is 10.5. The smallest absolute Gasteiger partial charge is 0.262 e. The van der Waals surface area contributed by atoms with Crippen LogP contribution in [0.25, 0.3) is 0 Å². The van der Waals surface area contributed by atoms with Crippen LogP contribution in [0.5, 0.6) is 11.5 Å². The molecule has 2 N–H and O–H groups in total. The molecule has 0 heterocycles. The Labute approximate surface area is 166 Å². The number of likely N-dealkylation sites (N-methyl/N-ethyl adjacent to an activating group) is 1. The second-order valence-corrected chi connectivity index (χ2v) is 6.80. The highest BCUT2D eigenvalue weighted by Gasteiger charge is 2.11. The van der Waals surface area contributed by atoms with Gasteiger partial charge in [0.25, 0.3) is 11.8 Å². The lowest BCUT2D eigenvalue weighted by Crippen LogP contribution is -2.28. The molecule has 0 unspecified atom stereocenters. The molecule has 2 aromatic carbocycles. The van der Waals surface area contributed by atoms with Crippen molar-refractivity contribution in [3.63, 3.8) is 0 Å². The minimum absolute atomic E-state index is 0.0698. The molecule has 0 atom stereocenters. The molecule has 0 aromatic heterocycles. The van der Waals surface area contributed by atoms with Crippen LogP contribution in [-0.4, -0.2) is 31.6 Å². The number of nitrogens with one attached hydrogen (secondary N) is 2. The van der Waals surface area contributed by atoms with Crippen LogP contribution in [-0.2, 0) is 9.59 Å². The Hall–Kier alpha value is -3.02. The highest BCUT2D eigenvalue weighted by molar-refractivity contribution is 5.92. The predicted molar refractivity (Wildman–Crippen MR) is 110 cm³/mol. The van der Waals surface area contributed by atoms with E-state index in [1.165, 1.54) is 0 Å². The molecule has 2 rings (SSSR count). The maximum absolute atomic E-state index is 12.3. The van der Waals surface area contributed by atoms with Gasteiger partial charge < -0.3 is 20.1 Å². The van der Waals surface area contributed by atoms with E-state index < -0.39 is 0 Å². The molecule has 0 radical (unpaired) electrons. The van der Waals surface area contributed by atoms with Gasteiger partial charge in [0, 0.05) is 18.3 Å². The summed E-state index contributed by atoms with van der Waals surface area (Å²) >= 11 is 0.